The number of aliphatic hydroxyl groups excluding tert-OH is 1. The van der Waals surface area contributed by atoms with Crippen molar-refractivity contribution >= 4 is 13.4 Å². The summed E-state index contributed by atoms with van der Waals surface area (Å²) in [5.41, 5.74) is -2.32. The molecule has 0 amide bonds. The fraction of sp³-hybridized carbons (Fsp3) is 0.800. The molecule has 0 aromatic rings. The van der Waals surface area contributed by atoms with Gasteiger partial charge in [-0.1, -0.05) is 0 Å². The van der Waals surface area contributed by atoms with Crippen LogP contribution in [0.25, 0.3) is 0 Å². The van der Waals surface area contributed by atoms with Crippen molar-refractivity contribution in [3.05, 3.63) is 0 Å². The molecule has 0 bridgehead atoms. The van der Waals surface area contributed by atoms with Crippen molar-refractivity contribution in [3.8, 4) is 0 Å². The highest BCUT2D eigenvalue weighted by atomic mass is 31.2. The highest BCUT2D eigenvalue weighted by Gasteiger charge is 2.38. The highest BCUT2D eigenvalue weighted by molar-refractivity contribution is 7.51. The van der Waals surface area contributed by atoms with Crippen molar-refractivity contribution in [1.29, 1.82) is 0 Å². The molecule has 7 heteroatoms. The average molecular weight is 198 g/mol. The van der Waals surface area contributed by atoms with Gasteiger partial charge in [0.2, 0.25) is 0 Å². The van der Waals surface area contributed by atoms with Gasteiger partial charge in [-0.05, 0) is 6.92 Å². The second-order valence-electron chi connectivity index (χ2n) is 2.57. The Morgan fingerprint density at radius 3 is 2.00 bits per heavy atom. The van der Waals surface area contributed by atoms with E-state index in [0.717, 1.165) is 6.92 Å². The highest BCUT2D eigenvalue weighted by Crippen LogP contribution is 2.38. The standard InChI is InChI=1S/C5H11O6P/c1-4(7)5(8,2-6)3-12(9,10)11/h6,8H,2-3H2,1H3,(H2,9,10,11)/t5-/m0/s1. The van der Waals surface area contributed by atoms with Crippen molar-refractivity contribution in [3.63, 3.8) is 0 Å². The zero-order valence-electron chi connectivity index (χ0n) is 6.47. The molecular weight excluding hydrogens is 187 g/mol. The Labute approximate surface area is 69.0 Å². The Morgan fingerprint density at radius 1 is 1.50 bits per heavy atom. The zero-order valence-corrected chi connectivity index (χ0v) is 7.36. The van der Waals surface area contributed by atoms with E-state index in [2.05, 4.69) is 0 Å². The van der Waals surface area contributed by atoms with Crippen LogP contribution in [-0.2, 0) is 9.36 Å². The van der Waals surface area contributed by atoms with Gasteiger partial charge in [-0.3, -0.25) is 9.36 Å². The molecule has 0 aromatic heterocycles. The van der Waals surface area contributed by atoms with E-state index in [1.165, 1.54) is 0 Å². The maximum atomic E-state index is 10.6. The van der Waals surface area contributed by atoms with E-state index in [4.69, 9.17) is 20.0 Å². The van der Waals surface area contributed by atoms with Gasteiger partial charge in [-0.15, -0.1) is 0 Å². The second-order valence-corrected chi connectivity index (χ2v) is 4.21. The van der Waals surface area contributed by atoms with Gasteiger partial charge in [0.15, 0.2) is 11.4 Å². The van der Waals surface area contributed by atoms with Gasteiger partial charge in [-0.25, -0.2) is 0 Å². The third kappa shape index (κ3) is 3.42. The molecule has 4 N–H and O–H groups in total. The molecule has 1 atom stereocenters. The van der Waals surface area contributed by atoms with Gasteiger partial charge in [0, 0.05) is 0 Å². The molecule has 6 nitrogen and oxygen atoms in total. The van der Waals surface area contributed by atoms with Crippen LogP contribution < -0.4 is 0 Å². The summed E-state index contributed by atoms with van der Waals surface area (Å²) < 4.78 is 10.4. The van der Waals surface area contributed by atoms with E-state index in [0.29, 0.717) is 0 Å². The average Bonchev–Trinajstić information content (AvgIpc) is 1.83. The molecule has 72 valence electrons. The van der Waals surface area contributed by atoms with Gasteiger partial charge >= 0.3 is 7.60 Å². The van der Waals surface area contributed by atoms with E-state index >= 15 is 0 Å². The fourth-order valence-corrected chi connectivity index (χ4v) is 1.62. The fourth-order valence-electron chi connectivity index (χ4n) is 0.613. The van der Waals surface area contributed by atoms with Crippen molar-refractivity contribution in [1.82, 2.24) is 0 Å². The molecule has 0 fully saturated rings. The molecular formula is C5H11O6P. The predicted octanol–water partition coefficient (Wildman–Crippen LogP) is -1.52. The molecule has 0 aromatic carbocycles. The third-order valence-electron chi connectivity index (χ3n) is 1.38. The summed E-state index contributed by atoms with van der Waals surface area (Å²) in [7, 11) is -4.49. The second kappa shape index (κ2) is 3.64. The number of ketones is 1. The predicted molar refractivity (Wildman–Crippen MR) is 39.6 cm³/mol. The Morgan fingerprint density at radius 2 is 1.92 bits per heavy atom. The van der Waals surface area contributed by atoms with Gasteiger partial charge in [-0.2, -0.15) is 0 Å². The minimum atomic E-state index is -4.49. The van der Waals surface area contributed by atoms with Crippen LogP contribution in [0, 0.1) is 0 Å². The van der Waals surface area contributed by atoms with Crippen LogP contribution in [0.1, 0.15) is 6.92 Å². The summed E-state index contributed by atoms with van der Waals surface area (Å²) in [5, 5.41) is 17.6. The number of hydrogen-bond donors (Lipinski definition) is 4. The Bertz CT molecular complexity index is 220. The molecule has 0 heterocycles. The first-order valence-corrected chi connectivity index (χ1v) is 4.90. The first-order chi connectivity index (χ1) is 5.21. The lowest BCUT2D eigenvalue weighted by atomic mass is 10.0. The van der Waals surface area contributed by atoms with Crippen LogP contribution in [0.2, 0.25) is 0 Å². The minimum absolute atomic E-state index is 0.867. The Balaban J connectivity index is 4.57. The van der Waals surface area contributed by atoms with Crippen LogP contribution in [-0.4, -0.2) is 44.2 Å². The lowest BCUT2D eigenvalue weighted by molar-refractivity contribution is -0.136. The lowest BCUT2D eigenvalue weighted by Gasteiger charge is -2.22. The smallest absolute Gasteiger partial charge is 0.329 e. The minimum Gasteiger partial charge on any atom is -0.393 e. The number of carbonyl (C=O) groups is 1. The number of hydrogen-bond acceptors (Lipinski definition) is 4. The summed E-state index contributed by atoms with van der Waals surface area (Å²) in [6.45, 7) is -0.0423. The molecule has 0 aliphatic heterocycles. The molecule has 0 unspecified atom stereocenters. The zero-order chi connectivity index (χ0) is 9.99. The summed E-state index contributed by atoms with van der Waals surface area (Å²) >= 11 is 0. The lowest BCUT2D eigenvalue weighted by Crippen LogP contribution is -2.44. The van der Waals surface area contributed by atoms with Crippen molar-refractivity contribution < 1.29 is 29.4 Å². The summed E-state index contributed by atoms with van der Waals surface area (Å²) in [6, 6.07) is 0. The number of aliphatic hydroxyl groups is 2. The van der Waals surface area contributed by atoms with Crippen LogP contribution in [0.3, 0.4) is 0 Å². The van der Waals surface area contributed by atoms with E-state index < -0.39 is 31.7 Å². The van der Waals surface area contributed by atoms with Crippen LogP contribution >= 0.6 is 7.60 Å². The number of rotatable bonds is 4. The number of carbonyl (C=O) groups excluding carboxylic acids is 1. The number of Topliss-reactive ketones (excluding diaryl/α,β-unsaturated/α-hetero) is 1. The van der Waals surface area contributed by atoms with Gasteiger partial charge in [0.1, 0.15) is 0 Å². The maximum Gasteiger partial charge on any atom is 0.329 e. The van der Waals surface area contributed by atoms with E-state index in [-0.39, 0.29) is 0 Å². The summed E-state index contributed by atoms with van der Waals surface area (Å²) in [6.07, 6.45) is -1.05. The summed E-state index contributed by atoms with van der Waals surface area (Å²) in [4.78, 5) is 27.5. The molecule has 0 saturated carbocycles. The first kappa shape index (κ1) is 11.7. The van der Waals surface area contributed by atoms with Gasteiger partial charge in [0.05, 0.1) is 12.8 Å². The summed E-state index contributed by atoms with van der Waals surface area (Å²) in [5.74, 6) is -0.867. The maximum absolute atomic E-state index is 10.6. The van der Waals surface area contributed by atoms with Crippen molar-refractivity contribution in [2.75, 3.05) is 12.8 Å². The van der Waals surface area contributed by atoms with Crippen LogP contribution in [0.15, 0.2) is 0 Å². The van der Waals surface area contributed by atoms with Crippen molar-refractivity contribution in [2.45, 2.75) is 12.5 Å². The van der Waals surface area contributed by atoms with Gasteiger partial charge in [0.25, 0.3) is 0 Å². The molecule has 0 aliphatic rings. The topological polar surface area (TPSA) is 115 Å². The van der Waals surface area contributed by atoms with Gasteiger partial charge < -0.3 is 20.0 Å². The molecule has 12 heavy (non-hydrogen) atoms. The van der Waals surface area contributed by atoms with Crippen molar-refractivity contribution in [2.24, 2.45) is 0 Å². The Hall–Kier alpha value is -0.260. The SMILES string of the molecule is CC(=O)[C@](O)(CO)CP(=O)(O)O. The largest absolute Gasteiger partial charge is 0.393 e. The molecule has 0 saturated heterocycles. The quantitative estimate of drug-likeness (QED) is 0.407. The Kier molecular flexibility index (Phi) is 3.56. The van der Waals surface area contributed by atoms with Crippen LogP contribution in [0.5, 0.6) is 0 Å². The molecule has 0 rings (SSSR count). The van der Waals surface area contributed by atoms with Crippen LogP contribution in [0.4, 0.5) is 0 Å². The van der Waals surface area contributed by atoms with E-state index in [1.807, 2.05) is 0 Å². The van der Waals surface area contributed by atoms with E-state index in [1.54, 1.807) is 0 Å². The monoisotopic (exact) mass is 198 g/mol. The molecule has 0 spiro atoms. The normalized spacial score (nSPS) is 17.1. The third-order valence-corrected chi connectivity index (χ3v) is 2.32. The molecule has 0 radical (unpaired) electrons. The first-order valence-electron chi connectivity index (χ1n) is 3.10. The van der Waals surface area contributed by atoms with E-state index in [9.17, 15) is 9.36 Å². The molecule has 0 aliphatic carbocycles.